The maximum atomic E-state index is 12.9. The standard InChI is InChI=1S/C21H21N3O4/c1-2-28-14-9-7-13(8-10-14)20-17-18(15-5-3-4-6-16(15)26)22-23-19(17)21(27)24(20)11-12-25/h3-10,20,25-26H,2,11-12H2,1H3,(H,22,23). The summed E-state index contributed by atoms with van der Waals surface area (Å²) in [5, 5.41) is 26.9. The molecule has 0 aliphatic carbocycles. The quantitative estimate of drug-likeness (QED) is 0.612. The number of aliphatic hydroxyl groups is 1. The molecule has 0 spiro atoms. The zero-order valence-electron chi connectivity index (χ0n) is 15.4. The maximum absolute atomic E-state index is 12.9. The van der Waals surface area contributed by atoms with Crippen LogP contribution in [0.2, 0.25) is 0 Å². The Hall–Kier alpha value is -3.32. The summed E-state index contributed by atoms with van der Waals surface area (Å²) in [6.45, 7) is 2.53. The lowest BCUT2D eigenvalue weighted by Crippen LogP contribution is -2.32. The number of aliphatic hydroxyl groups excluding tert-OH is 1. The maximum Gasteiger partial charge on any atom is 0.273 e. The molecule has 0 saturated heterocycles. The molecule has 144 valence electrons. The van der Waals surface area contributed by atoms with Gasteiger partial charge in [-0.2, -0.15) is 5.10 Å². The van der Waals surface area contributed by atoms with Gasteiger partial charge in [0.15, 0.2) is 0 Å². The molecule has 0 bridgehead atoms. The van der Waals surface area contributed by atoms with E-state index in [1.807, 2.05) is 37.3 Å². The molecule has 3 aromatic rings. The Balaban J connectivity index is 1.84. The van der Waals surface area contributed by atoms with E-state index in [1.165, 1.54) is 0 Å². The highest BCUT2D eigenvalue weighted by Gasteiger charge is 2.42. The van der Waals surface area contributed by atoms with Crippen molar-refractivity contribution >= 4 is 5.91 Å². The molecule has 1 unspecified atom stereocenters. The van der Waals surface area contributed by atoms with E-state index in [0.717, 1.165) is 11.3 Å². The number of aromatic hydroxyl groups is 1. The lowest BCUT2D eigenvalue weighted by atomic mass is 9.95. The van der Waals surface area contributed by atoms with Gasteiger partial charge in [-0.3, -0.25) is 9.89 Å². The minimum absolute atomic E-state index is 0.0929. The van der Waals surface area contributed by atoms with Crippen molar-refractivity contribution in [3.63, 3.8) is 0 Å². The largest absolute Gasteiger partial charge is 0.507 e. The number of fused-ring (bicyclic) bond motifs is 1. The molecular formula is C21H21N3O4. The summed E-state index contributed by atoms with van der Waals surface area (Å²) in [4.78, 5) is 14.5. The van der Waals surface area contributed by atoms with E-state index in [0.29, 0.717) is 29.1 Å². The summed E-state index contributed by atoms with van der Waals surface area (Å²) in [6, 6.07) is 14.0. The van der Waals surface area contributed by atoms with Gasteiger partial charge in [-0.25, -0.2) is 0 Å². The molecule has 1 aromatic heterocycles. The molecule has 7 heteroatoms. The molecule has 1 aliphatic rings. The highest BCUT2D eigenvalue weighted by Crippen LogP contribution is 2.44. The molecule has 1 atom stereocenters. The monoisotopic (exact) mass is 379 g/mol. The number of amides is 1. The number of carbonyl (C=O) groups is 1. The fraction of sp³-hybridized carbons (Fsp3) is 0.238. The van der Waals surface area contributed by atoms with Crippen LogP contribution in [0.5, 0.6) is 11.5 Å². The van der Waals surface area contributed by atoms with Gasteiger partial charge in [0.2, 0.25) is 0 Å². The zero-order valence-corrected chi connectivity index (χ0v) is 15.4. The third-order valence-electron chi connectivity index (χ3n) is 4.87. The van der Waals surface area contributed by atoms with Crippen molar-refractivity contribution in [3.8, 4) is 22.8 Å². The second-order valence-corrected chi connectivity index (χ2v) is 6.50. The lowest BCUT2D eigenvalue weighted by Gasteiger charge is -2.25. The van der Waals surface area contributed by atoms with E-state index < -0.39 is 6.04 Å². The number of aromatic nitrogens is 2. The first-order valence-electron chi connectivity index (χ1n) is 9.17. The van der Waals surface area contributed by atoms with Crippen LogP contribution < -0.4 is 4.74 Å². The number of ether oxygens (including phenoxy) is 1. The lowest BCUT2D eigenvalue weighted by molar-refractivity contribution is 0.0706. The third-order valence-corrected chi connectivity index (χ3v) is 4.87. The summed E-state index contributed by atoms with van der Waals surface area (Å²) in [5.74, 6) is 0.616. The molecule has 4 rings (SSSR count). The Morgan fingerprint density at radius 2 is 1.93 bits per heavy atom. The van der Waals surface area contributed by atoms with Crippen molar-refractivity contribution < 1.29 is 19.7 Å². The normalized spacial score (nSPS) is 15.7. The van der Waals surface area contributed by atoms with Gasteiger partial charge in [-0.15, -0.1) is 0 Å². The summed E-state index contributed by atoms with van der Waals surface area (Å²) in [6.07, 6.45) is 0. The van der Waals surface area contributed by atoms with E-state index in [9.17, 15) is 15.0 Å². The number of hydrogen-bond donors (Lipinski definition) is 3. The van der Waals surface area contributed by atoms with E-state index in [2.05, 4.69) is 10.2 Å². The Morgan fingerprint density at radius 1 is 1.18 bits per heavy atom. The van der Waals surface area contributed by atoms with Gasteiger partial charge in [0.25, 0.3) is 5.91 Å². The molecule has 0 fully saturated rings. The Bertz CT molecular complexity index is 997. The molecule has 2 heterocycles. The summed E-state index contributed by atoms with van der Waals surface area (Å²) < 4.78 is 5.51. The van der Waals surface area contributed by atoms with Crippen LogP contribution in [-0.2, 0) is 0 Å². The average Bonchev–Trinajstić information content (AvgIpc) is 3.24. The number of nitrogens with zero attached hydrogens (tertiary/aromatic N) is 2. The summed E-state index contributed by atoms with van der Waals surface area (Å²) >= 11 is 0. The summed E-state index contributed by atoms with van der Waals surface area (Å²) in [7, 11) is 0. The third kappa shape index (κ3) is 2.90. The van der Waals surface area contributed by atoms with Crippen molar-refractivity contribution in [1.29, 1.82) is 0 Å². The fourth-order valence-electron chi connectivity index (χ4n) is 3.67. The predicted molar refractivity (Wildman–Crippen MR) is 103 cm³/mol. The number of carbonyl (C=O) groups excluding carboxylic acids is 1. The van der Waals surface area contributed by atoms with Gasteiger partial charge < -0.3 is 19.8 Å². The van der Waals surface area contributed by atoms with Crippen LogP contribution in [0.15, 0.2) is 48.5 Å². The molecule has 0 saturated carbocycles. The summed E-state index contributed by atoms with van der Waals surface area (Å²) in [5.41, 5.74) is 3.03. The van der Waals surface area contributed by atoms with Crippen LogP contribution in [0, 0.1) is 0 Å². The van der Waals surface area contributed by atoms with Gasteiger partial charge in [-0.1, -0.05) is 24.3 Å². The number of β-amino-alcohol motifs (C(OH)–C–C–N with tert-alkyl or cyclic N) is 1. The number of phenols is 1. The number of benzene rings is 2. The van der Waals surface area contributed by atoms with E-state index in [1.54, 1.807) is 23.1 Å². The van der Waals surface area contributed by atoms with Gasteiger partial charge >= 0.3 is 0 Å². The first-order valence-corrected chi connectivity index (χ1v) is 9.17. The second-order valence-electron chi connectivity index (χ2n) is 6.50. The molecule has 1 aliphatic heterocycles. The predicted octanol–water partition coefficient (Wildman–Crippen LogP) is 2.72. The molecule has 1 amide bonds. The van der Waals surface area contributed by atoms with E-state index >= 15 is 0 Å². The first kappa shape index (κ1) is 18.1. The van der Waals surface area contributed by atoms with Gasteiger partial charge in [0, 0.05) is 17.7 Å². The molecule has 28 heavy (non-hydrogen) atoms. The van der Waals surface area contributed by atoms with Crippen LogP contribution in [0.4, 0.5) is 0 Å². The number of H-pyrrole nitrogens is 1. The smallest absolute Gasteiger partial charge is 0.273 e. The molecular weight excluding hydrogens is 358 g/mol. The highest BCUT2D eigenvalue weighted by molar-refractivity contribution is 6.00. The van der Waals surface area contributed by atoms with Crippen molar-refractivity contribution in [2.75, 3.05) is 19.8 Å². The van der Waals surface area contributed by atoms with Crippen molar-refractivity contribution in [2.45, 2.75) is 13.0 Å². The van der Waals surface area contributed by atoms with Crippen molar-refractivity contribution in [3.05, 3.63) is 65.4 Å². The second kappa shape index (κ2) is 7.36. The first-order chi connectivity index (χ1) is 13.7. The number of phenolic OH excluding ortho intramolecular Hbond substituents is 1. The van der Waals surface area contributed by atoms with Gasteiger partial charge in [-0.05, 0) is 36.8 Å². The minimum Gasteiger partial charge on any atom is -0.507 e. The Labute approximate surface area is 162 Å². The number of rotatable bonds is 6. The van der Waals surface area contributed by atoms with Crippen molar-refractivity contribution in [1.82, 2.24) is 15.1 Å². The number of nitrogens with one attached hydrogen (secondary N) is 1. The van der Waals surface area contributed by atoms with Crippen LogP contribution >= 0.6 is 0 Å². The van der Waals surface area contributed by atoms with Crippen LogP contribution in [0.1, 0.15) is 34.6 Å². The van der Waals surface area contributed by atoms with E-state index in [4.69, 9.17) is 4.74 Å². The van der Waals surface area contributed by atoms with Crippen LogP contribution in [0.25, 0.3) is 11.3 Å². The number of hydrogen-bond acceptors (Lipinski definition) is 5. The Morgan fingerprint density at radius 3 is 2.61 bits per heavy atom. The SMILES string of the molecule is CCOc1ccc(C2c3c(-c4ccccc4O)n[nH]c3C(=O)N2CCO)cc1. The van der Waals surface area contributed by atoms with Crippen LogP contribution in [-0.4, -0.2) is 51.0 Å². The zero-order chi connectivity index (χ0) is 19.7. The molecule has 0 radical (unpaired) electrons. The Kier molecular flexibility index (Phi) is 4.75. The fourth-order valence-corrected chi connectivity index (χ4v) is 3.67. The number of aromatic amines is 1. The van der Waals surface area contributed by atoms with Gasteiger partial charge in [0.1, 0.15) is 22.9 Å². The van der Waals surface area contributed by atoms with E-state index in [-0.39, 0.29) is 24.8 Å². The average molecular weight is 379 g/mol. The molecule has 7 nitrogen and oxygen atoms in total. The molecule has 2 aromatic carbocycles. The highest BCUT2D eigenvalue weighted by atomic mass is 16.5. The van der Waals surface area contributed by atoms with Crippen LogP contribution in [0.3, 0.4) is 0 Å². The molecule has 3 N–H and O–H groups in total. The van der Waals surface area contributed by atoms with Gasteiger partial charge in [0.05, 0.1) is 19.3 Å². The number of para-hydroxylation sites is 1. The van der Waals surface area contributed by atoms with Crippen molar-refractivity contribution in [2.24, 2.45) is 0 Å². The topological polar surface area (TPSA) is 98.7 Å². The minimum atomic E-state index is -0.418.